The molecule has 1 aliphatic heterocycles. The largest absolute Gasteiger partial charge is 0.396 e. The molecule has 0 amide bonds. The first-order chi connectivity index (χ1) is 8.24. The van der Waals surface area contributed by atoms with Crippen LogP contribution in [0, 0.1) is 5.92 Å². The van der Waals surface area contributed by atoms with E-state index in [0.717, 1.165) is 30.2 Å². The van der Waals surface area contributed by atoms with Crippen molar-refractivity contribution < 1.29 is 5.11 Å². The maximum Gasteiger partial charge on any atom is 0.110 e. The van der Waals surface area contributed by atoms with E-state index in [1.54, 1.807) is 11.3 Å². The molecule has 0 spiro atoms. The first kappa shape index (κ1) is 13.3. The third-order valence-electron chi connectivity index (χ3n) is 3.42. The second kappa shape index (κ2) is 6.14. The predicted molar refractivity (Wildman–Crippen MR) is 71.5 cm³/mol. The summed E-state index contributed by atoms with van der Waals surface area (Å²) in [6, 6.07) is 0.339. The van der Waals surface area contributed by atoms with Gasteiger partial charge in [-0.25, -0.2) is 4.98 Å². The van der Waals surface area contributed by atoms with Gasteiger partial charge in [0.15, 0.2) is 0 Å². The van der Waals surface area contributed by atoms with E-state index >= 15 is 0 Å². The molecule has 2 heterocycles. The number of hydrogen-bond donors (Lipinski definition) is 1. The molecule has 17 heavy (non-hydrogen) atoms. The number of alkyl halides is 1. The van der Waals surface area contributed by atoms with Gasteiger partial charge in [0.25, 0.3) is 0 Å². The highest BCUT2D eigenvalue weighted by molar-refractivity contribution is 7.09. The molecule has 2 rings (SSSR count). The van der Waals surface area contributed by atoms with Gasteiger partial charge in [-0.2, -0.15) is 0 Å². The fourth-order valence-electron chi connectivity index (χ4n) is 2.33. The maximum absolute atomic E-state index is 9.25. The van der Waals surface area contributed by atoms with E-state index in [-0.39, 0.29) is 0 Å². The van der Waals surface area contributed by atoms with Crippen LogP contribution in [0.3, 0.4) is 0 Å². The number of aliphatic hydroxyl groups is 1. The van der Waals surface area contributed by atoms with Crippen molar-refractivity contribution in [3.63, 3.8) is 0 Å². The monoisotopic (exact) mass is 274 g/mol. The highest BCUT2D eigenvalue weighted by Gasteiger charge is 2.25. The number of thiazole rings is 1. The van der Waals surface area contributed by atoms with E-state index in [1.807, 2.05) is 5.38 Å². The standard InChI is InChI=1S/C12H19ClN2OS/c1-9(12-14-11(5-13)8-17-12)15-4-2-3-10(6-15)7-16/h8-10,16H,2-7H2,1H3. The van der Waals surface area contributed by atoms with E-state index in [1.165, 1.54) is 6.42 Å². The van der Waals surface area contributed by atoms with Gasteiger partial charge >= 0.3 is 0 Å². The van der Waals surface area contributed by atoms with Gasteiger partial charge in [-0.3, -0.25) is 4.90 Å². The minimum atomic E-state index is 0.300. The molecule has 0 aromatic carbocycles. The first-order valence-electron chi connectivity index (χ1n) is 6.09. The van der Waals surface area contributed by atoms with Crippen LogP contribution < -0.4 is 0 Å². The Hall–Kier alpha value is -0.160. The molecule has 0 bridgehead atoms. The molecule has 96 valence electrons. The number of nitrogens with zero attached hydrogens (tertiary/aromatic N) is 2. The van der Waals surface area contributed by atoms with Gasteiger partial charge in [-0.05, 0) is 32.2 Å². The summed E-state index contributed by atoms with van der Waals surface area (Å²) >= 11 is 7.46. The molecule has 0 radical (unpaired) electrons. The van der Waals surface area contributed by atoms with Crippen molar-refractivity contribution in [2.75, 3.05) is 19.7 Å². The van der Waals surface area contributed by atoms with Crippen LogP contribution >= 0.6 is 22.9 Å². The third kappa shape index (κ3) is 3.19. The van der Waals surface area contributed by atoms with Crippen molar-refractivity contribution in [1.82, 2.24) is 9.88 Å². The minimum Gasteiger partial charge on any atom is -0.396 e. The molecule has 2 atom stereocenters. The van der Waals surface area contributed by atoms with Crippen molar-refractivity contribution in [3.05, 3.63) is 16.1 Å². The zero-order chi connectivity index (χ0) is 12.3. The summed E-state index contributed by atoms with van der Waals surface area (Å²) in [4.78, 5) is 6.96. The van der Waals surface area contributed by atoms with Crippen LogP contribution in [0.1, 0.15) is 36.5 Å². The summed E-state index contributed by atoms with van der Waals surface area (Å²) in [5.41, 5.74) is 0.967. The van der Waals surface area contributed by atoms with Crippen LogP contribution in [0.25, 0.3) is 0 Å². The Morgan fingerprint density at radius 3 is 3.18 bits per heavy atom. The summed E-state index contributed by atoms with van der Waals surface area (Å²) in [7, 11) is 0. The number of likely N-dealkylation sites (tertiary alicyclic amines) is 1. The molecule has 1 fully saturated rings. The molecule has 1 saturated heterocycles. The number of aliphatic hydroxyl groups excluding tert-OH is 1. The van der Waals surface area contributed by atoms with E-state index in [9.17, 15) is 5.11 Å². The topological polar surface area (TPSA) is 36.4 Å². The van der Waals surface area contributed by atoms with E-state index in [2.05, 4.69) is 16.8 Å². The highest BCUT2D eigenvalue weighted by atomic mass is 35.5. The summed E-state index contributed by atoms with van der Waals surface area (Å²) in [6.07, 6.45) is 2.31. The number of halogens is 1. The van der Waals surface area contributed by atoms with E-state index in [4.69, 9.17) is 11.6 Å². The van der Waals surface area contributed by atoms with Crippen LogP contribution in [0.15, 0.2) is 5.38 Å². The molecule has 3 nitrogen and oxygen atoms in total. The molecular formula is C12H19ClN2OS. The summed E-state index contributed by atoms with van der Waals surface area (Å²) < 4.78 is 0. The Labute approximate surface area is 111 Å². The van der Waals surface area contributed by atoms with E-state index < -0.39 is 0 Å². The lowest BCUT2D eigenvalue weighted by molar-refractivity contribution is 0.0934. The van der Waals surface area contributed by atoms with Gasteiger partial charge in [0.1, 0.15) is 5.01 Å². The van der Waals surface area contributed by atoms with Crippen molar-refractivity contribution in [2.24, 2.45) is 5.92 Å². The number of hydrogen-bond acceptors (Lipinski definition) is 4. The third-order valence-corrected chi connectivity index (χ3v) is 4.76. The molecule has 2 unspecified atom stereocenters. The molecule has 1 aromatic heterocycles. The van der Waals surface area contributed by atoms with Crippen LogP contribution in [-0.4, -0.2) is 34.7 Å². The van der Waals surface area contributed by atoms with Crippen molar-refractivity contribution >= 4 is 22.9 Å². The quantitative estimate of drug-likeness (QED) is 0.858. The van der Waals surface area contributed by atoms with Gasteiger partial charge < -0.3 is 5.11 Å². The first-order valence-corrected chi connectivity index (χ1v) is 7.51. The van der Waals surface area contributed by atoms with E-state index in [0.29, 0.717) is 24.4 Å². The second-order valence-electron chi connectivity index (χ2n) is 4.67. The molecule has 1 aromatic rings. The summed E-state index contributed by atoms with van der Waals surface area (Å²) in [6.45, 7) is 4.57. The summed E-state index contributed by atoms with van der Waals surface area (Å²) in [5, 5.41) is 12.4. The van der Waals surface area contributed by atoms with Crippen molar-refractivity contribution in [1.29, 1.82) is 0 Å². The Kier molecular flexibility index (Phi) is 4.79. The van der Waals surface area contributed by atoms with Gasteiger partial charge in [-0.15, -0.1) is 22.9 Å². The van der Waals surface area contributed by atoms with Crippen LogP contribution in [0.4, 0.5) is 0 Å². The van der Waals surface area contributed by atoms with Crippen molar-refractivity contribution in [2.45, 2.75) is 31.7 Å². The predicted octanol–water partition coefficient (Wildman–Crippen LogP) is 2.65. The average Bonchev–Trinajstić information content (AvgIpc) is 2.86. The number of rotatable bonds is 4. The lowest BCUT2D eigenvalue weighted by atomic mass is 9.98. The van der Waals surface area contributed by atoms with Gasteiger partial charge in [0.2, 0.25) is 0 Å². The van der Waals surface area contributed by atoms with Crippen LogP contribution in [0.2, 0.25) is 0 Å². The molecule has 5 heteroatoms. The van der Waals surface area contributed by atoms with Crippen molar-refractivity contribution in [3.8, 4) is 0 Å². The Bertz CT molecular complexity index is 358. The molecule has 1 aliphatic rings. The van der Waals surface area contributed by atoms with Gasteiger partial charge in [0, 0.05) is 18.5 Å². The van der Waals surface area contributed by atoms with Gasteiger partial charge in [0.05, 0.1) is 17.6 Å². The van der Waals surface area contributed by atoms with Crippen LogP contribution in [-0.2, 0) is 5.88 Å². The van der Waals surface area contributed by atoms with Crippen LogP contribution in [0.5, 0.6) is 0 Å². The van der Waals surface area contributed by atoms with Gasteiger partial charge in [-0.1, -0.05) is 0 Å². The zero-order valence-electron chi connectivity index (χ0n) is 10.1. The SMILES string of the molecule is CC(c1nc(CCl)cs1)N1CCCC(CO)C1. The lowest BCUT2D eigenvalue weighted by Gasteiger charge is -2.35. The lowest BCUT2D eigenvalue weighted by Crippen LogP contribution is -2.38. The zero-order valence-corrected chi connectivity index (χ0v) is 11.7. The fraction of sp³-hybridized carbons (Fsp3) is 0.750. The molecular weight excluding hydrogens is 256 g/mol. The highest BCUT2D eigenvalue weighted by Crippen LogP contribution is 2.28. The number of aromatic nitrogens is 1. The Balaban J connectivity index is 2.00. The molecule has 0 aliphatic carbocycles. The minimum absolute atomic E-state index is 0.300. The smallest absolute Gasteiger partial charge is 0.110 e. The Morgan fingerprint density at radius 2 is 2.53 bits per heavy atom. The molecule has 0 saturated carbocycles. The average molecular weight is 275 g/mol. The fourth-order valence-corrected chi connectivity index (χ4v) is 3.47. The number of piperidine rings is 1. The maximum atomic E-state index is 9.25. The summed E-state index contributed by atoms with van der Waals surface area (Å²) in [5.74, 6) is 0.918. The Morgan fingerprint density at radius 1 is 1.71 bits per heavy atom. The normalized spacial score (nSPS) is 23.8. The second-order valence-corrected chi connectivity index (χ2v) is 5.83. The molecule has 1 N–H and O–H groups in total.